The highest BCUT2D eigenvalue weighted by Crippen LogP contribution is 2.34. The van der Waals surface area contributed by atoms with Crippen LogP contribution in [0.2, 0.25) is 0 Å². The van der Waals surface area contributed by atoms with Crippen molar-refractivity contribution in [3.63, 3.8) is 0 Å². The van der Waals surface area contributed by atoms with Gasteiger partial charge < -0.3 is 25.6 Å². The Morgan fingerprint density at radius 3 is 2.55 bits per heavy atom. The van der Waals surface area contributed by atoms with Gasteiger partial charge in [-0.05, 0) is 24.3 Å². The number of esters is 1. The van der Waals surface area contributed by atoms with Gasteiger partial charge in [-0.3, -0.25) is 14.4 Å². The van der Waals surface area contributed by atoms with Crippen LogP contribution in [0.3, 0.4) is 0 Å². The van der Waals surface area contributed by atoms with Crippen LogP contribution in [0.4, 0.5) is 5.69 Å². The van der Waals surface area contributed by atoms with E-state index in [0.29, 0.717) is 10.2 Å². The molecule has 6 N–H and O–H groups in total. The van der Waals surface area contributed by atoms with Crippen LogP contribution in [-0.2, 0) is 19.6 Å². The van der Waals surface area contributed by atoms with Gasteiger partial charge in [0.1, 0.15) is 17.1 Å². The minimum Gasteiger partial charge on any atom is -0.505 e. The van der Waals surface area contributed by atoms with Gasteiger partial charge in [0.25, 0.3) is 15.9 Å². The molecule has 0 atom stereocenters. The summed E-state index contributed by atoms with van der Waals surface area (Å²) in [5, 5.41) is 17.6. The molecule has 174 valence electrons. The van der Waals surface area contributed by atoms with E-state index < -0.39 is 33.6 Å². The first-order valence-corrected chi connectivity index (χ1v) is 11.5. The van der Waals surface area contributed by atoms with Gasteiger partial charge in [0.15, 0.2) is 5.75 Å². The molecule has 0 radical (unpaired) electrons. The van der Waals surface area contributed by atoms with E-state index in [1.165, 1.54) is 37.4 Å². The normalized spacial score (nSPS) is 11.2. The highest BCUT2D eigenvalue weighted by molar-refractivity contribution is 7.91. The van der Waals surface area contributed by atoms with E-state index >= 15 is 0 Å². The maximum atomic E-state index is 12.2. The molecule has 2 aromatic carbocycles. The van der Waals surface area contributed by atoms with Crippen molar-refractivity contribution in [3.8, 4) is 17.2 Å². The minimum atomic E-state index is -3.95. The Labute approximate surface area is 191 Å². The Morgan fingerprint density at radius 2 is 1.91 bits per heavy atom. The molecular formula is C19H18N4O8S2. The molecule has 0 spiro atoms. The molecule has 0 fully saturated rings. The molecule has 1 heterocycles. The second-order valence-electron chi connectivity index (χ2n) is 6.58. The van der Waals surface area contributed by atoms with Crippen molar-refractivity contribution in [2.24, 2.45) is 10.9 Å². The molecule has 12 nitrogen and oxygen atoms in total. The summed E-state index contributed by atoms with van der Waals surface area (Å²) in [6.45, 7) is 0. The minimum absolute atomic E-state index is 0.0377. The molecule has 0 aliphatic heterocycles. The lowest BCUT2D eigenvalue weighted by atomic mass is 10.1. The maximum Gasteiger partial charge on any atom is 0.311 e. The first kappa shape index (κ1) is 23.9. The zero-order valence-electron chi connectivity index (χ0n) is 17.0. The number of fused-ring (bicyclic) bond motifs is 1. The third-order valence-corrected chi connectivity index (χ3v) is 6.59. The summed E-state index contributed by atoms with van der Waals surface area (Å²) in [5.41, 5.74) is 5.23. The topological polar surface area (TPSA) is 201 Å². The number of hydrogen-bond acceptors (Lipinski definition) is 10. The lowest BCUT2D eigenvalue weighted by molar-refractivity contribution is -0.135. The van der Waals surface area contributed by atoms with E-state index in [4.69, 9.17) is 20.3 Å². The van der Waals surface area contributed by atoms with Crippen molar-refractivity contribution in [1.82, 2.24) is 4.98 Å². The Hall–Kier alpha value is -3.75. The first-order valence-electron chi connectivity index (χ1n) is 9.13. The van der Waals surface area contributed by atoms with Gasteiger partial charge >= 0.3 is 5.97 Å². The lowest BCUT2D eigenvalue weighted by Gasteiger charge is -2.12. The van der Waals surface area contributed by atoms with Crippen molar-refractivity contribution in [1.29, 1.82) is 0 Å². The summed E-state index contributed by atoms with van der Waals surface area (Å²) >= 11 is 0.827. The lowest BCUT2D eigenvalue weighted by Crippen LogP contribution is -2.17. The average molecular weight is 495 g/mol. The number of aromatic nitrogens is 1. The number of anilines is 1. The van der Waals surface area contributed by atoms with Crippen molar-refractivity contribution >= 4 is 55.0 Å². The number of ether oxygens (including phenoxy) is 2. The number of nitrogens with one attached hydrogen (secondary N) is 1. The maximum absolute atomic E-state index is 12.2. The number of benzene rings is 2. The molecule has 3 aromatic rings. The van der Waals surface area contributed by atoms with Gasteiger partial charge in [-0.25, -0.2) is 18.5 Å². The van der Waals surface area contributed by atoms with Gasteiger partial charge in [0, 0.05) is 12.5 Å². The number of carbonyl (C=O) groups excluding carboxylic acids is 3. The molecule has 14 heteroatoms. The molecule has 0 bridgehead atoms. The Bertz CT molecular complexity index is 1370. The van der Waals surface area contributed by atoms with E-state index in [1.54, 1.807) is 0 Å². The number of primary sulfonamides is 1. The summed E-state index contributed by atoms with van der Waals surface area (Å²) < 4.78 is 33.1. The number of phenols is 1. The molecule has 0 unspecified atom stereocenters. The molecule has 3 rings (SSSR count). The molecule has 1 aromatic heterocycles. The molecular weight excluding hydrogens is 476 g/mol. The molecule has 0 aliphatic carbocycles. The Morgan fingerprint density at radius 1 is 1.18 bits per heavy atom. The second kappa shape index (κ2) is 9.40. The van der Waals surface area contributed by atoms with Crippen molar-refractivity contribution < 1.29 is 37.4 Å². The Kier molecular flexibility index (Phi) is 6.81. The highest BCUT2D eigenvalue weighted by atomic mass is 32.2. The number of rotatable bonds is 8. The van der Waals surface area contributed by atoms with Gasteiger partial charge in [-0.1, -0.05) is 0 Å². The van der Waals surface area contributed by atoms with E-state index in [1.807, 2.05) is 0 Å². The largest absolute Gasteiger partial charge is 0.505 e. The summed E-state index contributed by atoms with van der Waals surface area (Å²) in [6.07, 6.45) is -0.580. The van der Waals surface area contributed by atoms with E-state index in [0.717, 1.165) is 11.3 Å². The number of thiazole rings is 1. The van der Waals surface area contributed by atoms with Gasteiger partial charge in [-0.2, -0.15) is 0 Å². The molecule has 0 aliphatic rings. The summed E-state index contributed by atoms with van der Waals surface area (Å²) in [4.78, 5) is 39.7. The zero-order chi connectivity index (χ0) is 24.3. The monoisotopic (exact) mass is 494 g/mol. The van der Waals surface area contributed by atoms with Crippen LogP contribution in [-0.4, -0.2) is 43.4 Å². The summed E-state index contributed by atoms with van der Waals surface area (Å²) in [6, 6.07) is 6.99. The van der Waals surface area contributed by atoms with Gasteiger partial charge in [-0.15, -0.1) is 11.3 Å². The quantitative estimate of drug-likeness (QED) is 0.201. The number of primary amides is 1. The SMILES string of the molecule is COc1ccc(NC(=O)CCC(=O)Oc2ccc3nc(S(N)(=O)=O)sc3c2)c(O)c1C(N)=O. The number of amides is 2. The van der Waals surface area contributed by atoms with E-state index in [2.05, 4.69) is 10.3 Å². The number of carbonyl (C=O) groups is 3. The number of nitrogens with two attached hydrogens (primary N) is 2. The fraction of sp³-hybridized carbons (Fsp3) is 0.158. The number of methoxy groups -OCH3 is 1. The third kappa shape index (κ3) is 5.54. The average Bonchev–Trinajstić information content (AvgIpc) is 3.17. The van der Waals surface area contributed by atoms with Crippen LogP contribution < -0.4 is 25.7 Å². The van der Waals surface area contributed by atoms with E-state index in [9.17, 15) is 27.9 Å². The van der Waals surface area contributed by atoms with Crippen molar-refractivity contribution in [2.75, 3.05) is 12.4 Å². The smallest absolute Gasteiger partial charge is 0.311 e. The number of sulfonamides is 1. The first-order chi connectivity index (χ1) is 15.5. The van der Waals surface area contributed by atoms with Crippen LogP contribution in [0, 0.1) is 0 Å². The van der Waals surface area contributed by atoms with Gasteiger partial charge in [0.2, 0.25) is 10.2 Å². The summed E-state index contributed by atoms with van der Waals surface area (Å²) in [5.74, 6) is -2.68. The van der Waals surface area contributed by atoms with Crippen LogP contribution in [0.5, 0.6) is 17.2 Å². The molecule has 0 saturated carbocycles. The van der Waals surface area contributed by atoms with Crippen LogP contribution in [0.25, 0.3) is 10.2 Å². The van der Waals surface area contributed by atoms with Crippen LogP contribution >= 0.6 is 11.3 Å². The highest BCUT2D eigenvalue weighted by Gasteiger charge is 2.20. The Balaban J connectivity index is 1.61. The fourth-order valence-electron chi connectivity index (χ4n) is 2.76. The standard InChI is InChI=1S/C19H18N4O8S2/c1-30-12-5-4-11(17(26)16(12)18(20)27)22-14(24)6-7-15(25)31-9-2-3-10-13(8-9)32-19(23-10)33(21,28)29/h2-5,8,26H,6-7H2,1H3,(H2,20,27)(H,22,24)(H2,21,28,29). The van der Waals surface area contributed by atoms with Crippen molar-refractivity contribution in [2.45, 2.75) is 17.2 Å². The van der Waals surface area contributed by atoms with Gasteiger partial charge in [0.05, 0.1) is 29.4 Å². The third-order valence-electron chi connectivity index (χ3n) is 4.25. The van der Waals surface area contributed by atoms with E-state index in [-0.39, 0.29) is 39.9 Å². The number of hydrogen-bond donors (Lipinski definition) is 4. The van der Waals surface area contributed by atoms with Crippen molar-refractivity contribution in [3.05, 3.63) is 35.9 Å². The zero-order valence-corrected chi connectivity index (χ0v) is 18.7. The number of nitrogens with zero attached hydrogens (tertiary/aromatic N) is 1. The predicted molar refractivity (Wildman–Crippen MR) is 118 cm³/mol. The molecule has 0 saturated heterocycles. The predicted octanol–water partition coefficient (Wildman–Crippen LogP) is 1.08. The fourth-order valence-corrected chi connectivity index (χ4v) is 4.45. The molecule has 2 amide bonds. The van der Waals surface area contributed by atoms with Crippen LogP contribution in [0.15, 0.2) is 34.7 Å². The molecule has 33 heavy (non-hydrogen) atoms. The second-order valence-corrected chi connectivity index (χ2v) is 9.35. The van der Waals surface area contributed by atoms with Crippen LogP contribution in [0.1, 0.15) is 23.2 Å². The number of aromatic hydroxyl groups is 1. The summed E-state index contributed by atoms with van der Waals surface area (Å²) in [7, 11) is -2.67.